The number of aromatic nitrogens is 4. The fourth-order valence-electron chi connectivity index (χ4n) is 2.55. The molecule has 0 fully saturated rings. The zero-order chi connectivity index (χ0) is 16.4. The molecule has 3 aromatic rings. The molecular formula is C17H18N4O2. The van der Waals surface area contributed by atoms with Gasteiger partial charge in [-0.25, -0.2) is 0 Å². The second-order valence-electron chi connectivity index (χ2n) is 5.61. The zero-order valence-corrected chi connectivity index (χ0v) is 13.3. The summed E-state index contributed by atoms with van der Waals surface area (Å²) in [4.78, 5) is 0. The van der Waals surface area contributed by atoms with Crippen LogP contribution >= 0.6 is 0 Å². The summed E-state index contributed by atoms with van der Waals surface area (Å²) in [6, 6.07) is 9.34. The SMILES string of the molecule is Cc1cc(Oc2c(C)cc(Cc3nn[nH]n3)cc2C)ccc1O. The number of rotatable bonds is 4. The van der Waals surface area contributed by atoms with Crippen LogP contribution in [0.2, 0.25) is 0 Å². The summed E-state index contributed by atoms with van der Waals surface area (Å²) < 4.78 is 6.01. The molecule has 0 amide bonds. The highest BCUT2D eigenvalue weighted by Crippen LogP contribution is 2.32. The van der Waals surface area contributed by atoms with Gasteiger partial charge < -0.3 is 9.84 Å². The minimum absolute atomic E-state index is 0.265. The van der Waals surface area contributed by atoms with E-state index in [0.29, 0.717) is 18.0 Å². The lowest BCUT2D eigenvalue weighted by atomic mass is 10.0. The number of phenols is 1. The zero-order valence-electron chi connectivity index (χ0n) is 13.3. The number of nitrogens with zero attached hydrogens (tertiary/aromatic N) is 3. The van der Waals surface area contributed by atoms with E-state index in [1.807, 2.05) is 26.8 Å². The average molecular weight is 310 g/mol. The van der Waals surface area contributed by atoms with Gasteiger partial charge in [0.15, 0.2) is 5.82 Å². The van der Waals surface area contributed by atoms with Crippen molar-refractivity contribution in [1.29, 1.82) is 0 Å². The second kappa shape index (κ2) is 6.08. The van der Waals surface area contributed by atoms with E-state index in [-0.39, 0.29) is 5.75 Å². The fourth-order valence-corrected chi connectivity index (χ4v) is 2.55. The van der Waals surface area contributed by atoms with Crippen LogP contribution in [0.25, 0.3) is 0 Å². The molecular weight excluding hydrogens is 292 g/mol. The van der Waals surface area contributed by atoms with Gasteiger partial charge in [0, 0.05) is 6.42 Å². The van der Waals surface area contributed by atoms with Crippen molar-refractivity contribution >= 4 is 0 Å². The third kappa shape index (κ3) is 3.31. The monoisotopic (exact) mass is 310 g/mol. The minimum Gasteiger partial charge on any atom is -0.508 e. The molecule has 0 aliphatic rings. The summed E-state index contributed by atoms with van der Waals surface area (Å²) in [6.45, 7) is 5.86. The quantitative estimate of drug-likeness (QED) is 0.773. The fraction of sp³-hybridized carbons (Fsp3) is 0.235. The van der Waals surface area contributed by atoms with Gasteiger partial charge in [0.25, 0.3) is 0 Å². The number of hydrogen-bond donors (Lipinski definition) is 2. The van der Waals surface area contributed by atoms with Gasteiger partial charge in [0.2, 0.25) is 0 Å². The molecule has 0 aliphatic heterocycles. The lowest BCUT2D eigenvalue weighted by Crippen LogP contribution is -1.97. The Bertz CT molecular complexity index is 806. The third-order valence-corrected chi connectivity index (χ3v) is 3.66. The molecule has 3 rings (SSSR count). The molecule has 0 aliphatic carbocycles. The highest BCUT2D eigenvalue weighted by Gasteiger charge is 2.10. The number of aromatic amines is 1. The number of hydrogen-bond acceptors (Lipinski definition) is 5. The van der Waals surface area contributed by atoms with E-state index < -0.39 is 0 Å². The normalized spacial score (nSPS) is 10.7. The van der Waals surface area contributed by atoms with Gasteiger partial charge in [0.05, 0.1) is 0 Å². The molecule has 0 radical (unpaired) electrons. The summed E-state index contributed by atoms with van der Waals surface area (Å²) in [5.41, 5.74) is 3.96. The van der Waals surface area contributed by atoms with E-state index in [4.69, 9.17) is 4.74 Å². The molecule has 6 nitrogen and oxygen atoms in total. The highest BCUT2D eigenvalue weighted by atomic mass is 16.5. The predicted molar refractivity (Wildman–Crippen MR) is 85.8 cm³/mol. The number of benzene rings is 2. The van der Waals surface area contributed by atoms with Gasteiger partial charge >= 0.3 is 0 Å². The Kier molecular flexibility index (Phi) is 3.97. The van der Waals surface area contributed by atoms with E-state index in [1.165, 1.54) is 0 Å². The van der Waals surface area contributed by atoms with Crippen molar-refractivity contribution in [3.63, 3.8) is 0 Å². The molecule has 2 N–H and O–H groups in total. The summed E-state index contributed by atoms with van der Waals surface area (Å²) in [5.74, 6) is 2.46. The van der Waals surface area contributed by atoms with Crippen molar-refractivity contribution in [2.24, 2.45) is 0 Å². The van der Waals surface area contributed by atoms with Crippen LogP contribution in [0.3, 0.4) is 0 Å². The van der Waals surface area contributed by atoms with Crippen LogP contribution in [0.1, 0.15) is 28.1 Å². The van der Waals surface area contributed by atoms with Gasteiger partial charge in [-0.2, -0.15) is 5.21 Å². The van der Waals surface area contributed by atoms with Gasteiger partial charge in [-0.3, -0.25) is 0 Å². The lowest BCUT2D eigenvalue weighted by molar-refractivity contribution is 0.458. The van der Waals surface area contributed by atoms with Gasteiger partial charge in [-0.15, -0.1) is 10.2 Å². The van der Waals surface area contributed by atoms with Crippen LogP contribution in [0.4, 0.5) is 0 Å². The number of nitrogens with one attached hydrogen (secondary N) is 1. The third-order valence-electron chi connectivity index (χ3n) is 3.66. The summed E-state index contributed by atoms with van der Waals surface area (Å²) >= 11 is 0. The van der Waals surface area contributed by atoms with Crippen LogP contribution in [-0.2, 0) is 6.42 Å². The Morgan fingerprint density at radius 3 is 2.39 bits per heavy atom. The Balaban J connectivity index is 1.86. The predicted octanol–water partition coefficient (Wildman–Crippen LogP) is 3.21. The Morgan fingerprint density at radius 1 is 1.04 bits per heavy atom. The van der Waals surface area contributed by atoms with Crippen LogP contribution in [0, 0.1) is 20.8 Å². The number of H-pyrrole nitrogens is 1. The van der Waals surface area contributed by atoms with E-state index in [2.05, 4.69) is 32.8 Å². The maximum Gasteiger partial charge on any atom is 0.178 e. The standard InChI is InChI=1S/C17H18N4O2/c1-10-8-14(4-5-15(10)22)23-17-11(2)6-13(7-12(17)3)9-16-18-20-21-19-16/h4-8,22H,9H2,1-3H3,(H,18,19,20,21). The molecule has 0 spiro atoms. The van der Waals surface area contributed by atoms with Crippen molar-refractivity contribution in [3.05, 3.63) is 58.4 Å². The second-order valence-corrected chi connectivity index (χ2v) is 5.61. The maximum absolute atomic E-state index is 9.60. The van der Waals surface area contributed by atoms with E-state index in [1.54, 1.807) is 12.1 Å². The van der Waals surface area contributed by atoms with Crippen molar-refractivity contribution in [2.45, 2.75) is 27.2 Å². The number of aryl methyl sites for hydroxylation is 3. The van der Waals surface area contributed by atoms with Gasteiger partial charge in [0.1, 0.15) is 17.2 Å². The van der Waals surface area contributed by atoms with Crippen LogP contribution < -0.4 is 4.74 Å². The van der Waals surface area contributed by atoms with Crippen LogP contribution in [0.15, 0.2) is 30.3 Å². The van der Waals surface area contributed by atoms with Crippen molar-refractivity contribution in [3.8, 4) is 17.2 Å². The van der Waals surface area contributed by atoms with Crippen molar-refractivity contribution in [2.75, 3.05) is 0 Å². The molecule has 118 valence electrons. The highest BCUT2D eigenvalue weighted by molar-refractivity contribution is 5.47. The summed E-state index contributed by atoms with van der Waals surface area (Å²) in [5, 5.41) is 23.6. The number of ether oxygens (including phenoxy) is 1. The van der Waals surface area contributed by atoms with E-state index in [9.17, 15) is 5.11 Å². The summed E-state index contributed by atoms with van der Waals surface area (Å²) in [7, 11) is 0. The molecule has 6 heteroatoms. The Hall–Kier alpha value is -2.89. The number of phenolic OH excluding ortho intramolecular Hbond substituents is 1. The van der Waals surface area contributed by atoms with Crippen molar-refractivity contribution < 1.29 is 9.84 Å². The maximum atomic E-state index is 9.60. The first kappa shape index (κ1) is 15.0. The first-order valence-corrected chi connectivity index (χ1v) is 7.33. The number of tetrazole rings is 1. The molecule has 0 atom stereocenters. The first-order chi connectivity index (χ1) is 11.0. The number of aromatic hydroxyl groups is 1. The molecule has 1 aromatic heterocycles. The van der Waals surface area contributed by atoms with Crippen LogP contribution in [0.5, 0.6) is 17.2 Å². The van der Waals surface area contributed by atoms with Gasteiger partial charge in [-0.05, 0) is 61.2 Å². The van der Waals surface area contributed by atoms with E-state index >= 15 is 0 Å². The largest absolute Gasteiger partial charge is 0.508 e. The molecule has 0 saturated carbocycles. The van der Waals surface area contributed by atoms with Crippen molar-refractivity contribution in [1.82, 2.24) is 20.6 Å². The van der Waals surface area contributed by atoms with Crippen LogP contribution in [-0.4, -0.2) is 25.7 Å². The molecule has 2 aromatic carbocycles. The topological polar surface area (TPSA) is 83.9 Å². The molecule has 0 saturated heterocycles. The van der Waals surface area contributed by atoms with E-state index in [0.717, 1.165) is 28.0 Å². The molecule has 23 heavy (non-hydrogen) atoms. The lowest BCUT2D eigenvalue weighted by Gasteiger charge is -2.14. The first-order valence-electron chi connectivity index (χ1n) is 7.33. The Labute approximate surface area is 134 Å². The molecule has 0 bridgehead atoms. The minimum atomic E-state index is 0.265. The van der Waals surface area contributed by atoms with Gasteiger partial charge in [-0.1, -0.05) is 17.3 Å². The average Bonchev–Trinajstić information content (AvgIpc) is 2.99. The molecule has 1 heterocycles. The Morgan fingerprint density at radius 2 is 1.78 bits per heavy atom. The molecule has 0 unspecified atom stereocenters. The smallest absolute Gasteiger partial charge is 0.178 e. The summed E-state index contributed by atoms with van der Waals surface area (Å²) in [6.07, 6.45) is 0.622.